The van der Waals surface area contributed by atoms with E-state index in [0.29, 0.717) is 12.8 Å². The minimum Gasteiger partial charge on any atom is -0.394 e. The van der Waals surface area contributed by atoms with Crippen LogP contribution in [0.1, 0.15) is 316 Å². The average Bonchev–Trinajstić information content (AvgIpc) is 1.16. The number of carbonyl (C=O) groups is 1. The van der Waals surface area contributed by atoms with Gasteiger partial charge in [-0.1, -0.05) is 296 Å². The van der Waals surface area contributed by atoms with Crippen LogP contribution in [-0.4, -0.2) is 193 Å². The fourth-order valence-corrected chi connectivity index (χ4v) is 13.1. The monoisotopic (exact) mass is 1290 g/mol. The van der Waals surface area contributed by atoms with Gasteiger partial charge in [0.15, 0.2) is 18.9 Å². The Morgan fingerprint density at radius 2 is 0.633 bits per heavy atom. The third kappa shape index (κ3) is 35.2. The number of carbonyl (C=O) groups excluding carboxylic acids is 1. The van der Waals surface area contributed by atoms with Crippen LogP contribution in [0.15, 0.2) is 0 Å². The van der Waals surface area contributed by atoms with Gasteiger partial charge < -0.3 is 89.9 Å². The van der Waals surface area contributed by atoms with Gasteiger partial charge >= 0.3 is 0 Å². The van der Waals surface area contributed by atoms with Crippen LogP contribution < -0.4 is 5.32 Å². The van der Waals surface area contributed by atoms with E-state index in [2.05, 4.69) is 19.2 Å². The molecule has 0 aromatic rings. The molecule has 0 radical (unpaired) electrons. The largest absolute Gasteiger partial charge is 0.394 e. The van der Waals surface area contributed by atoms with Crippen molar-refractivity contribution in [2.45, 2.75) is 420 Å². The summed E-state index contributed by atoms with van der Waals surface area (Å²) in [6.07, 6.45) is 31.8. The summed E-state index contributed by atoms with van der Waals surface area (Å²) in [6, 6.07) is -0.882. The van der Waals surface area contributed by atoms with E-state index >= 15 is 0 Å². The average molecular weight is 1290 g/mol. The smallest absolute Gasteiger partial charge is 0.220 e. The van der Waals surface area contributed by atoms with Crippen LogP contribution >= 0.6 is 0 Å². The van der Waals surface area contributed by atoms with E-state index in [1.807, 2.05) is 0 Å². The predicted octanol–water partition coefficient (Wildman–Crippen LogP) is 10.7. The molecule has 17 atom stereocenters. The van der Waals surface area contributed by atoms with E-state index in [1.165, 1.54) is 238 Å². The summed E-state index contributed by atoms with van der Waals surface area (Å²) in [6.45, 7) is 1.86. The van der Waals surface area contributed by atoms with E-state index in [4.69, 9.17) is 28.4 Å². The molecule has 12 N–H and O–H groups in total. The molecule has 534 valence electrons. The number of nitrogens with one attached hydrogen (secondary N) is 1. The van der Waals surface area contributed by atoms with Gasteiger partial charge in [-0.05, 0) is 12.8 Å². The van der Waals surface area contributed by atoms with Gasteiger partial charge in [0, 0.05) is 6.42 Å². The van der Waals surface area contributed by atoms with E-state index < -0.39 is 124 Å². The van der Waals surface area contributed by atoms with Crippen LogP contribution in [0.4, 0.5) is 0 Å². The highest BCUT2D eigenvalue weighted by molar-refractivity contribution is 5.76. The van der Waals surface area contributed by atoms with E-state index in [9.17, 15) is 61.0 Å². The van der Waals surface area contributed by atoms with Gasteiger partial charge in [-0.3, -0.25) is 4.79 Å². The number of rotatable bonds is 59. The third-order valence-corrected chi connectivity index (χ3v) is 19.2. The number of amides is 1. The second-order valence-corrected chi connectivity index (χ2v) is 27.1. The SMILES string of the molecule is CCCCCCCCCCCCCCCCCCCCCCCCCCCC(O)C(COC1OC(CO)C(OC2OC(CO)C(OC3OC(CO)C(O)C(O)C3O)C(O)C2O)C(O)C1O)NC(=O)CCCCCCCCCCCCCCCCCCCCCC. The first-order valence-corrected chi connectivity index (χ1v) is 37.3. The summed E-state index contributed by atoms with van der Waals surface area (Å²) >= 11 is 0. The van der Waals surface area contributed by atoms with Crippen molar-refractivity contribution in [1.82, 2.24) is 5.32 Å². The van der Waals surface area contributed by atoms with Crippen LogP contribution in [0.2, 0.25) is 0 Å². The fraction of sp³-hybridized carbons (Fsp3) is 0.986. The molecule has 0 aromatic carbocycles. The summed E-state index contributed by atoms with van der Waals surface area (Å²) in [5.41, 5.74) is 0. The van der Waals surface area contributed by atoms with Crippen LogP contribution in [0.25, 0.3) is 0 Å². The van der Waals surface area contributed by atoms with Crippen LogP contribution in [0.3, 0.4) is 0 Å². The van der Waals surface area contributed by atoms with Gasteiger partial charge in [0.05, 0.1) is 38.6 Å². The zero-order valence-corrected chi connectivity index (χ0v) is 56.7. The van der Waals surface area contributed by atoms with E-state index in [0.717, 1.165) is 44.9 Å². The molecule has 17 unspecified atom stereocenters. The summed E-state index contributed by atoms with van der Waals surface area (Å²) in [7, 11) is 0. The summed E-state index contributed by atoms with van der Waals surface area (Å²) < 4.78 is 34.5. The number of unbranched alkanes of at least 4 members (excludes halogenated alkanes) is 43. The third-order valence-electron chi connectivity index (χ3n) is 19.2. The molecule has 19 nitrogen and oxygen atoms in total. The van der Waals surface area contributed by atoms with Gasteiger partial charge in [-0.25, -0.2) is 0 Å². The van der Waals surface area contributed by atoms with Gasteiger partial charge in [0.1, 0.15) is 73.2 Å². The highest BCUT2D eigenvalue weighted by atomic mass is 16.8. The Morgan fingerprint density at radius 3 is 0.967 bits per heavy atom. The summed E-state index contributed by atoms with van der Waals surface area (Å²) in [5, 5.41) is 121. The Balaban J connectivity index is 1.40. The topological polar surface area (TPSA) is 307 Å². The van der Waals surface area contributed by atoms with E-state index in [1.54, 1.807) is 0 Å². The Hall–Kier alpha value is -1.21. The van der Waals surface area contributed by atoms with E-state index in [-0.39, 0.29) is 18.9 Å². The zero-order chi connectivity index (χ0) is 65.4. The van der Waals surface area contributed by atoms with Gasteiger partial charge in [0.2, 0.25) is 5.91 Å². The lowest BCUT2D eigenvalue weighted by molar-refractivity contribution is -0.379. The lowest BCUT2D eigenvalue weighted by Gasteiger charge is -2.48. The molecule has 0 saturated carbocycles. The number of aliphatic hydroxyl groups excluding tert-OH is 11. The minimum absolute atomic E-state index is 0.234. The Kier molecular flexibility index (Phi) is 49.7. The molecule has 90 heavy (non-hydrogen) atoms. The number of ether oxygens (including phenoxy) is 6. The predicted molar refractivity (Wildman–Crippen MR) is 351 cm³/mol. The normalized spacial score (nSPS) is 27.9. The zero-order valence-electron chi connectivity index (χ0n) is 56.7. The first-order valence-electron chi connectivity index (χ1n) is 37.3. The Bertz CT molecular complexity index is 1640. The number of hydrogen-bond donors (Lipinski definition) is 12. The van der Waals surface area contributed by atoms with Gasteiger partial charge in [-0.15, -0.1) is 0 Å². The molecule has 3 aliphatic heterocycles. The molecule has 0 bridgehead atoms. The molecule has 0 aliphatic carbocycles. The fourth-order valence-electron chi connectivity index (χ4n) is 13.1. The van der Waals surface area contributed by atoms with Crippen molar-refractivity contribution in [2.75, 3.05) is 26.4 Å². The standard InChI is InChI=1S/C71H137NO18/c1-3-5-7-9-11-13-15-17-19-21-23-25-26-27-28-29-30-32-34-36-38-40-42-44-46-48-55(76)54(72-59(77)49-47-45-43-41-39-37-35-33-31-24-22-20-18-16-14-12-10-8-6-4-2)53-85-69-65(83)62(80)67(57(51-74)87-69)90-71-66(84)63(81)68(58(52-75)88-71)89-70-64(82)61(79)60(78)56(50-73)86-70/h54-58,60-71,73-76,78-84H,3-53H2,1-2H3,(H,72,77). The Morgan fingerprint density at radius 1 is 0.356 bits per heavy atom. The lowest BCUT2D eigenvalue weighted by atomic mass is 9.96. The van der Waals surface area contributed by atoms with Gasteiger partial charge in [-0.2, -0.15) is 0 Å². The maximum Gasteiger partial charge on any atom is 0.220 e. The van der Waals surface area contributed by atoms with Crippen molar-refractivity contribution in [2.24, 2.45) is 0 Å². The molecular formula is C71H137NO18. The van der Waals surface area contributed by atoms with Crippen LogP contribution in [-0.2, 0) is 33.2 Å². The quantitative estimate of drug-likeness (QED) is 0.0252. The highest BCUT2D eigenvalue weighted by Crippen LogP contribution is 2.33. The summed E-state index contributed by atoms with van der Waals surface area (Å²) in [5.74, 6) is -0.234. The van der Waals surface area contributed by atoms with Crippen molar-refractivity contribution < 1.29 is 89.4 Å². The van der Waals surface area contributed by atoms with Crippen molar-refractivity contribution in [1.29, 1.82) is 0 Å². The highest BCUT2D eigenvalue weighted by Gasteiger charge is 2.53. The molecule has 3 heterocycles. The minimum atomic E-state index is -1.97. The van der Waals surface area contributed by atoms with Crippen molar-refractivity contribution in [3.05, 3.63) is 0 Å². The molecular weight excluding hydrogens is 1150 g/mol. The van der Waals surface area contributed by atoms with Gasteiger partial charge in [0.25, 0.3) is 0 Å². The van der Waals surface area contributed by atoms with Crippen molar-refractivity contribution in [3.8, 4) is 0 Å². The number of hydrogen-bond acceptors (Lipinski definition) is 18. The summed E-state index contributed by atoms with van der Waals surface area (Å²) in [4.78, 5) is 13.4. The number of aliphatic hydroxyl groups is 11. The molecule has 3 rings (SSSR count). The maximum atomic E-state index is 13.4. The van der Waals surface area contributed by atoms with Crippen molar-refractivity contribution >= 4 is 5.91 Å². The maximum absolute atomic E-state index is 13.4. The van der Waals surface area contributed by atoms with Crippen LogP contribution in [0, 0.1) is 0 Å². The molecule has 1 amide bonds. The second kappa shape index (κ2) is 53.9. The molecule has 0 aromatic heterocycles. The van der Waals surface area contributed by atoms with Crippen molar-refractivity contribution in [3.63, 3.8) is 0 Å². The molecule has 3 fully saturated rings. The molecule has 0 spiro atoms. The molecule has 3 aliphatic rings. The van der Waals surface area contributed by atoms with Crippen LogP contribution in [0.5, 0.6) is 0 Å². The second-order valence-electron chi connectivity index (χ2n) is 27.1. The lowest BCUT2D eigenvalue weighted by Crippen LogP contribution is -2.66. The molecule has 19 heteroatoms. The first-order chi connectivity index (χ1) is 43.8. The first kappa shape index (κ1) is 83.0. The Labute approximate surface area is 544 Å². The molecule has 3 saturated heterocycles.